The minimum absolute atomic E-state index is 0.696. The van der Waals surface area contributed by atoms with Gasteiger partial charge in [0.2, 0.25) is 0 Å². The number of hydrogen-bond acceptors (Lipinski definition) is 3. The second-order valence-electron chi connectivity index (χ2n) is 6.07. The number of para-hydroxylation sites is 1. The maximum absolute atomic E-state index is 4.89. The van der Waals surface area contributed by atoms with Gasteiger partial charge in [-0.15, -0.1) is 0 Å². The molecule has 0 aliphatic heterocycles. The van der Waals surface area contributed by atoms with Crippen LogP contribution in [0.3, 0.4) is 0 Å². The topological polar surface area (TPSA) is 43.6 Å². The average molecular weight is 316 g/mol. The molecular weight excluding hydrogens is 296 g/mol. The summed E-state index contributed by atoms with van der Waals surface area (Å²) in [5.74, 6) is 0.696. The molecule has 0 atom stereocenters. The summed E-state index contributed by atoms with van der Waals surface area (Å²) in [6.07, 6.45) is 4.08. The lowest BCUT2D eigenvalue weighted by Gasteiger charge is -2.07. The van der Waals surface area contributed by atoms with E-state index in [9.17, 15) is 0 Å². The smallest absolute Gasteiger partial charge is 0.180 e. The second-order valence-corrected chi connectivity index (χ2v) is 6.07. The first-order valence-corrected chi connectivity index (χ1v) is 8.46. The number of fused-ring (bicyclic) bond motifs is 3. The van der Waals surface area contributed by atoms with Gasteiger partial charge in [0, 0.05) is 23.5 Å². The number of pyridine rings is 1. The van der Waals surface area contributed by atoms with E-state index in [4.69, 9.17) is 9.97 Å². The van der Waals surface area contributed by atoms with E-state index in [1.807, 2.05) is 18.2 Å². The van der Waals surface area contributed by atoms with Crippen molar-refractivity contribution in [3.8, 4) is 11.5 Å². The van der Waals surface area contributed by atoms with E-state index in [1.54, 1.807) is 6.20 Å². The highest BCUT2D eigenvalue weighted by molar-refractivity contribution is 6.08. The minimum Gasteiger partial charge on any atom is -0.325 e. The lowest BCUT2D eigenvalue weighted by atomic mass is 10.2. The van der Waals surface area contributed by atoms with Crippen LogP contribution < -0.4 is 0 Å². The Morgan fingerprint density at radius 3 is 2.62 bits per heavy atom. The molecule has 120 valence electrons. The number of aromatic nitrogens is 4. The van der Waals surface area contributed by atoms with Crippen LogP contribution in [0, 0.1) is 6.92 Å². The first-order valence-electron chi connectivity index (χ1n) is 8.46. The first kappa shape index (κ1) is 14.8. The van der Waals surface area contributed by atoms with Crippen LogP contribution in [-0.4, -0.2) is 19.5 Å². The summed E-state index contributed by atoms with van der Waals surface area (Å²) in [5, 5.41) is 2.38. The van der Waals surface area contributed by atoms with Gasteiger partial charge in [0.25, 0.3) is 0 Å². The van der Waals surface area contributed by atoms with Crippen molar-refractivity contribution in [2.45, 2.75) is 33.2 Å². The Labute approximate surface area is 141 Å². The molecule has 4 nitrogen and oxygen atoms in total. The van der Waals surface area contributed by atoms with E-state index in [0.717, 1.165) is 41.8 Å². The van der Waals surface area contributed by atoms with Crippen molar-refractivity contribution in [3.63, 3.8) is 0 Å². The van der Waals surface area contributed by atoms with Gasteiger partial charge in [0.15, 0.2) is 5.82 Å². The van der Waals surface area contributed by atoms with Crippen molar-refractivity contribution in [2.24, 2.45) is 0 Å². The number of hydrogen-bond donors (Lipinski definition) is 0. The summed E-state index contributed by atoms with van der Waals surface area (Å²) in [6.45, 7) is 5.25. The quantitative estimate of drug-likeness (QED) is 0.545. The van der Waals surface area contributed by atoms with E-state index in [-0.39, 0.29) is 0 Å². The van der Waals surface area contributed by atoms with E-state index in [1.165, 1.54) is 10.9 Å². The fourth-order valence-electron chi connectivity index (χ4n) is 3.26. The molecule has 0 radical (unpaired) electrons. The highest BCUT2D eigenvalue weighted by atomic mass is 15.1. The molecule has 0 N–H and O–H groups in total. The van der Waals surface area contributed by atoms with Crippen LogP contribution in [0.5, 0.6) is 0 Å². The Hall–Kier alpha value is -2.75. The van der Waals surface area contributed by atoms with Crippen molar-refractivity contribution < 1.29 is 0 Å². The first-order chi connectivity index (χ1) is 11.8. The monoisotopic (exact) mass is 316 g/mol. The number of unbranched alkanes of at least 4 members (excludes halogenated alkanes) is 1. The summed E-state index contributed by atoms with van der Waals surface area (Å²) in [5.41, 5.74) is 4.07. The second kappa shape index (κ2) is 6.04. The van der Waals surface area contributed by atoms with Crippen molar-refractivity contribution in [3.05, 3.63) is 54.4 Å². The molecule has 0 unspecified atom stereocenters. The zero-order chi connectivity index (χ0) is 16.5. The summed E-state index contributed by atoms with van der Waals surface area (Å²) >= 11 is 0. The molecule has 4 rings (SSSR count). The minimum atomic E-state index is 0.696. The molecule has 1 aromatic carbocycles. The van der Waals surface area contributed by atoms with Gasteiger partial charge >= 0.3 is 0 Å². The Kier molecular flexibility index (Phi) is 3.73. The van der Waals surface area contributed by atoms with Gasteiger partial charge in [-0.3, -0.25) is 4.98 Å². The van der Waals surface area contributed by atoms with Crippen molar-refractivity contribution in [2.75, 3.05) is 0 Å². The molecule has 4 heteroatoms. The third-order valence-electron chi connectivity index (χ3n) is 4.42. The van der Waals surface area contributed by atoms with Crippen molar-refractivity contribution in [1.82, 2.24) is 19.5 Å². The van der Waals surface area contributed by atoms with Crippen LogP contribution in [0.4, 0.5) is 0 Å². The Morgan fingerprint density at radius 1 is 1.00 bits per heavy atom. The zero-order valence-electron chi connectivity index (χ0n) is 14.0. The Morgan fingerprint density at radius 2 is 1.83 bits per heavy atom. The van der Waals surface area contributed by atoms with Crippen molar-refractivity contribution >= 4 is 21.9 Å². The highest BCUT2D eigenvalue weighted by Crippen LogP contribution is 2.31. The van der Waals surface area contributed by atoms with Crippen LogP contribution in [0.25, 0.3) is 33.5 Å². The molecule has 0 aliphatic rings. The largest absolute Gasteiger partial charge is 0.325 e. The zero-order valence-corrected chi connectivity index (χ0v) is 14.0. The SMILES string of the molecule is CCCCn1c2ccccc2c2c(C)nc(-c3ccccn3)nc21. The van der Waals surface area contributed by atoms with Crippen LogP contribution >= 0.6 is 0 Å². The average Bonchev–Trinajstić information content (AvgIpc) is 2.95. The van der Waals surface area contributed by atoms with Crippen LogP contribution in [0.2, 0.25) is 0 Å². The Balaban J connectivity index is 2.04. The number of benzene rings is 1. The normalized spacial score (nSPS) is 11.4. The molecule has 24 heavy (non-hydrogen) atoms. The predicted octanol–water partition coefficient (Wildman–Crippen LogP) is 4.76. The molecule has 0 aliphatic carbocycles. The molecule has 0 spiro atoms. The van der Waals surface area contributed by atoms with Gasteiger partial charge in [-0.2, -0.15) is 0 Å². The molecule has 3 aromatic heterocycles. The molecule has 3 heterocycles. The third-order valence-corrected chi connectivity index (χ3v) is 4.42. The molecule has 0 saturated heterocycles. The Bertz CT molecular complexity index is 1000. The molecule has 0 bridgehead atoms. The molecule has 4 aromatic rings. The number of aryl methyl sites for hydroxylation is 2. The molecule has 0 saturated carbocycles. The van der Waals surface area contributed by atoms with Gasteiger partial charge in [0.05, 0.1) is 11.2 Å². The summed E-state index contributed by atoms with van der Waals surface area (Å²) in [4.78, 5) is 14.0. The van der Waals surface area contributed by atoms with Gasteiger partial charge < -0.3 is 4.57 Å². The predicted molar refractivity (Wildman–Crippen MR) is 97.9 cm³/mol. The van der Waals surface area contributed by atoms with Gasteiger partial charge in [-0.25, -0.2) is 9.97 Å². The lowest BCUT2D eigenvalue weighted by Crippen LogP contribution is -2.01. The molecular formula is C20H20N4. The van der Waals surface area contributed by atoms with Crippen LogP contribution in [0.15, 0.2) is 48.7 Å². The fourth-order valence-corrected chi connectivity index (χ4v) is 3.26. The van der Waals surface area contributed by atoms with E-state index in [2.05, 4.69) is 47.7 Å². The summed E-state index contributed by atoms with van der Waals surface area (Å²) in [7, 11) is 0. The maximum Gasteiger partial charge on any atom is 0.180 e. The molecule has 0 fully saturated rings. The van der Waals surface area contributed by atoms with E-state index in [0.29, 0.717) is 5.82 Å². The highest BCUT2D eigenvalue weighted by Gasteiger charge is 2.16. The lowest BCUT2D eigenvalue weighted by molar-refractivity contribution is 0.660. The third kappa shape index (κ3) is 2.35. The van der Waals surface area contributed by atoms with Gasteiger partial charge in [-0.1, -0.05) is 37.6 Å². The fraction of sp³-hybridized carbons (Fsp3) is 0.250. The van der Waals surface area contributed by atoms with Crippen LogP contribution in [0.1, 0.15) is 25.5 Å². The van der Waals surface area contributed by atoms with Crippen molar-refractivity contribution in [1.29, 1.82) is 0 Å². The maximum atomic E-state index is 4.89. The number of nitrogens with zero attached hydrogens (tertiary/aromatic N) is 4. The van der Waals surface area contributed by atoms with E-state index >= 15 is 0 Å². The number of rotatable bonds is 4. The summed E-state index contributed by atoms with van der Waals surface area (Å²) in [6, 6.07) is 14.3. The summed E-state index contributed by atoms with van der Waals surface area (Å²) < 4.78 is 2.33. The van der Waals surface area contributed by atoms with E-state index < -0.39 is 0 Å². The van der Waals surface area contributed by atoms with Crippen LogP contribution in [-0.2, 0) is 6.54 Å². The standard InChI is InChI=1S/C20H20N4/c1-3-4-13-24-17-11-6-5-9-15(17)18-14(2)22-19(23-20(18)24)16-10-7-8-12-21-16/h5-12H,3-4,13H2,1-2H3. The van der Waals surface area contributed by atoms with Gasteiger partial charge in [0.1, 0.15) is 11.3 Å². The molecule has 0 amide bonds. The van der Waals surface area contributed by atoms with Gasteiger partial charge in [-0.05, 0) is 31.5 Å².